The summed E-state index contributed by atoms with van der Waals surface area (Å²) in [6, 6.07) is 7.28. The van der Waals surface area contributed by atoms with E-state index in [1.165, 1.54) is 6.42 Å². The summed E-state index contributed by atoms with van der Waals surface area (Å²) in [5, 5.41) is 17.3. The predicted octanol–water partition coefficient (Wildman–Crippen LogP) is 4.15. The number of hydrogen-bond donors (Lipinski definition) is 3. The summed E-state index contributed by atoms with van der Waals surface area (Å²) in [5.41, 5.74) is 0.775. The van der Waals surface area contributed by atoms with Gasteiger partial charge in [-0.05, 0) is 72.4 Å². The number of hydrogen-bond acceptors (Lipinski definition) is 6. The van der Waals surface area contributed by atoms with Gasteiger partial charge >= 0.3 is 6.09 Å². The number of nitrogens with zero attached hydrogens (tertiary/aromatic N) is 2. The lowest BCUT2D eigenvalue weighted by molar-refractivity contribution is -0.126. The van der Waals surface area contributed by atoms with E-state index in [1.54, 1.807) is 27.7 Å². The molecular weight excluding hydrogens is 508 g/mol. The molecule has 0 radical (unpaired) electrons. The number of alkyl carbamates (subject to hydrolysis) is 1. The largest absolute Gasteiger partial charge is 0.444 e. The normalized spacial score (nSPS) is 20.9. The zero-order valence-corrected chi connectivity index (χ0v) is 25.5. The Hall–Kier alpha value is -2.65. The predicted molar refractivity (Wildman–Crippen MR) is 157 cm³/mol. The van der Waals surface area contributed by atoms with Crippen LogP contribution in [0.5, 0.6) is 0 Å². The summed E-state index contributed by atoms with van der Waals surface area (Å²) in [6.45, 7) is 14.1. The number of benzene rings is 1. The number of rotatable bonds is 9. The quantitative estimate of drug-likeness (QED) is 0.420. The van der Waals surface area contributed by atoms with Crippen molar-refractivity contribution in [1.82, 2.24) is 15.5 Å². The minimum absolute atomic E-state index is 0.0423. The number of amides is 3. The van der Waals surface area contributed by atoms with Crippen molar-refractivity contribution >= 4 is 23.6 Å². The van der Waals surface area contributed by atoms with E-state index in [1.807, 2.05) is 41.0 Å². The highest BCUT2D eigenvalue weighted by Gasteiger charge is 2.41. The second-order valence-electron chi connectivity index (χ2n) is 13.3. The fraction of sp³-hybridized carbons (Fsp3) is 0.710. The molecule has 0 bridgehead atoms. The van der Waals surface area contributed by atoms with Crippen molar-refractivity contribution < 1.29 is 24.2 Å². The Kier molecular flexibility index (Phi) is 10.6. The number of anilines is 1. The Labute approximate surface area is 240 Å². The number of piperazine rings is 1. The van der Waals surface area contributed by atoms with E-state index < -0.39 is 35.3 Å². The minimum Gasteiger partial charge on any atom is -0.444 e. The molecule has 3 amide bonds. The minimum atomic E-state index is -1.01. The molecule has 40 heavy (non-hydrogen) atoms. The average molecular weight is 559 g/mol. The highest BCUT2D eigenvalue weighted by Crippen LogP contribution is 2.29. The Bertz CT molecular complexity index is 1030. The molecule has 2 aliphatic rings. The van der Waals surface area contributed by atoms with Crippen LogP contribution in [0.1, 0.15) is 85.6 Å². The van der Waals surface area contributed by atoms with Gasteiger partial charge in [0.05, 0.1) is 18.7 Å². The molecule has 2 fully saturated rings. The maximum atomic E-state index is 13.3. The molecule has 0 spiro atoms. The number of aryl methyl sites for hydroxylation is 1. The van der Waals surface area contributed by atoms with Crippen molar-refractivity contribution in [2.45, 2.75) is 116 Å². The summed E-state index contributed by atoms with van der Waals surface area (Å²) in [6.07, 6.45) is 3.94. The van der Waals surface area contributed by atoms with Crippen LogP contribution in [0.2, 0.25) is 0 Å². The van der Waals surface area contributed by atoms with Crippen molar-refractivity contribution in [1.29, 1.82) is 0 Å². The molecule has 0 aromatic heterocycles. The third-order valence-corrected chi connectivity index (χ3v) is 8.01. The van der Waals surface area contributed by atoms with Gasteiger partial charge < -0.3 is 25.4 Å². The van der Waals surface area contributed by atoms with Crippen molar-refractivity contribution in [3.8, 4) is 0 Å². The van der Waals surface area contributed by atoms with E-state index in [2.05, 4.69) is 24.5 Å². The Morgan fingerprint density at radius 1 is 1.15 bits per heavy atom. The fourth-order valence-electron chi connectivity index (χ4n) is 5.62. The average Bonchev–Trinajstić information content (AvgIpc) is 2.85. The van der Waals surface area contributed by atoms with Crippen molar-refractivity contribution in [2.75, 3.05) is 24.5 Å². The van der Waals surface area contributed by atoms with Crippen molar-refractivity contribution in [3.63, 3.8) is 0 Å². The molecule has 1 aliphatic heterocycles. The Morgan fingerprint density at radius 3 is 2.42 bits per heavy atom. The zero-order chi connectivity index (χ0) is 29.7. The number of carbonyl (C=O) groups is 3. The van der Waals surface area contributed by atoms with Crippen LogP contribution in [0, 0.1) is 12.8 Å². The van der Waals surface area contributed by atoms with E-state index in [-0.39, 0.29) is 37.4 Å². The molecule has 224 valence electrons. The molecule has 1 heterocycles. The summed E-state index contributed by atoms with van der Waals surface area (Å²) in [5.74, 6) is -0.559. The zero-order valence-electron chi connectivity index (χ0n) is 25.5. The number of aliphatic hydroxyl groups is 1. The van der Waals surface area contributed by atoms with Crippen molar-refractivity contribution in [2.24, 2.45) is 5.92 Å². The summed E-state index contributed by atoms with van der Waals surface area (Å²) in [4.78, 5) is 42.8. The van der Waals surface area contributed by atoms with Gasteiger partial charge in [0.15, 0.2) is 0 Å². The van der Waals surface area contributed by atoms with Crippen LogP contribution in [0.15, 0.2) is 24.3 Å². The van der Waals surface area contributed by atoms with Gasteiger partial charge in [-0.15, -0.1) is 0 Å². The molecule has 9 nitrogen and oxygen atoms in total. The van der Waals surface area contributed by atoms with E-state index in [0.29, 0.717) is 6.54 Å². The van der Waals surface area contributed by atoms with E-state index >= 15 is 0 Å². The third kappa shape index (κ3) is 8.93. The molecule has 1 aromatic rings. The first-order chi connectivity index (χ1) is 18.7. The Morgan fingerprint density at radius 2 is 1.80 bits per heavy atom. The van der Waals surface area contributed by atoms with Gasteiger partial charge in [0.2, 0.25) is 11.8 Å². The molecule has 3 N–H and O–H groups in total. The maximum absolute atomic E-state index is 13.3. The lowest BCUT2D eigenvalue weighted by atomic mass is 9.92. The number of para-hydroxylation sites is 1. The van der Waals surface area contributed by atoms with Crippen molar-refractivity contribution in [3.05, 3.63) is 29.8 Å². The SMILES string of the molecule is Cc1ccccc1N1CC(C)(C)N(C[C@H](NC(=O)OC(C)(C)C)[C@@H](O)C[C@@H](C)C(=O)NC2CCCCC2)CC1=O. The van der Waals surface area contributed by atoms with Gasteiger partial charge in [0, 0.05) is 36.3 Å². The second kappa shape index (κ2) is 13.3. The van der Waals surface area contributed by atoms with Gasteiger partial charge in [-0.3, -0.25) is 14.5 Å². The van der Waals surface area contributed by atoms with Crippen LogP contribution < -0.4 is 15.5 Å². The van der Waals surface area contributed by atoms with Gasteiger partial charge in [0.1, 0.15) is 5.60 Å². The molecule has 1 saturated carbocycles. The molecule has 1 aromatic carbocycles. The molecule has 9 heteroatoms. The molecule has 3 atom stereocenters. The van der Waals surface area contributed by atoms with Crippen LogP contribution in [-0.4, -0.2) is 76.9 Å². The molecule has 0 unspecified atom stereocenters. The topological polar surface area (TPSA) is 111 Å². The number of nitrogens with one attached hydrogen (secondary N) is 2. The van der Waals surface area contributed by atoms with Gasteiger partial charge in [-0.1, -0.05) is 44.4 Å². The number of carbonyl (C=O) groups excluding carboxylic acids is 3. The summed E-state index contributed by atoms with van der Waals surface area (Å²) >= 11 is 0. The molecular formula is C31H50N4O5. The van der Waals surface area contributed by atoms with E-state index in [9.17, 15) is 19.5 Å². The fourth-order valence-corrected chi connectivity index (χ4v) is 5.62. The van der Waals surface area contributed by atoms with Gasteiger partial charge in [-0.25, -0.2) is 4.79 Å². The van der Waals surface area contributed by atoms with E-state index in [0.717, 1.165) is 36.9 Å². The Balaban J connectivity index is 1.72. The van der Waals surface area contributed by atoms with Crippen LogP contribution in [0.4, 0.5) is 10.5 Å². The van der Waals surface area contributed by atoms with Crippen LogP contribution in [-0.2, 0) is 14.3 Å². The standard InChI is InChI=1S/C31H50N4O5/c1-21-13-11-12-16-25(21)35-20-31(6,7)34(19-27(35)37)18-24(33-29(39)40-30(3,4)5)26(36)17-22(2)28(38)32-23-14-9-8-10-15-23/h11-13,16,22-24,26,36H,8-10,14-15,17-20H2,1-7H3,(H,32,38)(H,33,39)/t22-,24+,26+/m1/s1. The smallest absolute Gasteiger partial charge is 0.408 e. The summed E-state index contributed by atoms with van der Waals surface area (Å²) < 4.78 is 5.49. The lowest BCUT2D eigenvalue weighted by Gasteiger charge is -2.48. The van der Waals surface area contributed by atoms with Crippen LogP contribution >= 0.6 is 0 Å². The van der Waals surface area contributed by atoms with Crippen LogP contribution in [0.3, 0.4) is 0 Å². The second-order valence-corrected chi connectivity index (χ2v) is 13.3. The first-order valence-electron chi connectivity index (χ1n) is 14.8. The molecule has 1 aliphatic carbocycles. The summed E-state index contributed by atoms with van der Waals surface area (Å²) in [7, 11) is 0. The van der Waals surface area contributed by atoms with Gasteiger partial charge in [-0.2, -0.15) is 0 Å². The maximum Gasteiger partial charge on any atom is 0.408 e. The van der Waals surface area contributed by atoms with Crippen LogP contribution in [0.25, 0.3) is 0 Å². The first kappa shape index (κ1) is 31.9. The highest BCUT2D eigenvalue weighted by atomic mass is 16.6. The molecule has 3 rings (SSSR count). The molecule has 1 saturated heterocycles. The highest BCUT2D eigenvalue weighted by molar-refractivity contribution is 5.96. The monoisotopic (exact) mass is 558 g/mol. The van der Waals surface area contributed by atoms with E-state index in [4.69, 9.17) is 4.74 Å². The number of ether oxygens (including phenoxy) is 1. The first-order valence-corrected chi connectivity index (χ1v) is 14.8. The third-order valence-electron chi connectivity index (χ3n) is 8.01. The number of aliphatic hydroxyl groups excluding tert-OH is 1. The van der Waals surface area contributed by atoms with Gasteiger partial charge in [0.25, 0.3) is 0 Å². The lowest BCUT2D eigenvalue weighted by Crippen LogP contribution is -2.65.